The Morgan fingerprint density at radius 3 is 2.39 bits per heavy atom. The molecule has 0 aliphatic heterocycles. The van der Waals surface area contributed by atoms with Crippen LogP contribution in [0.15, 0.2) is 48.5 Å². The van der Waals surface area contributed by atoms with Gasteiger partial charge < -0.3 is 10.1 Å². The van der Waals surface area contributed by atoms with Crippen molar-refractivity contribution in [2.45, 2.75) is 33.6 Å². The lowest BCUT2D eigenvalue weighted by atomic mass is 10.0. The molecule has 5 nitrogen and oxygen atoms in total. The first-order valence-electron chi connectivity index (χ1n) is 9.47. The fraction of sp³-hybridized carbons (Fsp3) is 0.261. The molecule has 1 N–H and O–H groups in total. The number of fused-ring (bicyclic) bond motifs is 1. The molecule has 0 atom stereocenters. The van der Waals surface area contributed by atoms with Gasteiger partial charge in [0.05, 0.1) is 16.8 Å². The molecule has 0 aliphatic carbocycles. The maximum atomic E-state index is 12.7. The number of para-hydroxylation sites is 1. The number of hydrogen-bond donors (Lipinski definition) is 1. The number of nitrogens with one attached hydrogen (secondary N) is 1. The van der Waals surface area contributed by atoms with Crippen molar-refractivity contribution >= 4 is 28.5 Å². The third-order valence-corrected chi connectivity index (χ3v) is 4.75. The third kappa shape index (κ3) is 4.19. The van der Waals surface area contributed by atoms with E-state index in [2.05, 4.69) is 17.2 Å². The largest absolute Gasteiger partial charge is 0.452 e. The van der Waals surface area contributed by atoms with Crippen LogP contribution in [0.1, 0.15) is 41.0 Å². The highest BCUT2D eigenvalue weighted by atomic mass is 16.5. The maximum absolute atomic E-state index is 12.7. The molecule has 0 aliphatic rings. The Balaban J connectivity index is 1.72. The zero-order valence-electron chi connectivity index (χ0n) is 16.4. The van der Waals surface area contributed by atoms with Crippen molar-refractivity contribution in [1.82, 2.24) is 4.98 Å². The minimum Gasteiger partial charge on any atom is -0.452 e. The zero-order chi connectivity index (χ0) is 20.1. The summed E-state index contributed by atoms with van der Waals surface area (Å²) in [5.74, 6) is -0.897. The fourth-order valence-electron chi connectivity index (χ4n) is 3.19. The molecule has 5 heteroatoms. The summed E-state index contributed by atoms with van der Waals surface area (Å²) in [6.45, 7) is 5.56. The molecule has 1 aromatic heterocycles. The summed E-state index contributed by atoms with van der Waals surface area (Å²) in [6.07, 6.45) is 1.54. The molecule has 0 spiro atoms. The van der Waals surface area contributed by atoms with E-state index < -0.39 is 5.97 Å². The molecule has 1 heterocycles. The number of carbonyl (C=O) groups excluding carboxylic acids is 2. The lowest BCUT2D eigenvalue weighted by Crippen LogP contribution is -2.22. The second-order valence-corrected chi connectivity index (χ2v) is 6.60. The van der Waals surface area contributed by atoms with Crippen LogP contribution in [0.5, 0.6) is 0 Å². The Kier molecular flexibility index (Phi) is 6.04. The summed E-state index contributed by atoms with van der Waals surface area (Å²) in [4.78, 5) is 29.4. The summed E-state index contributed by atoms with van der Waals surface area (Å²) in [7, 11) is 0. The first-order valence-corrected chi connectivity index (χ1v) is 9.47. The van der Waals surface area contributed by atoms with E-state index in [9.17, 15) is 9.59 Å². The highest BCUT2D eigenvalue weighted by Crippen LogP contribution is 2.24. The van der Waals surface area contributed by atoms with Crippen LogP contribution in [-0.4, -0.2) is 23.5 Å². The normalized spacial score (nSPS) is 10.7. The molecule has 0 saturated carbocycles. The van der Waals surface area contributed by atoms with Crippen molar-refractivity contribution in [3.8, 4) is 0 Å². The quantitative estimate of drug-likeness (QED) is 0.645. The van der Waals surface area contributed by atoms with E-state index in [4.69, 9.17) is 4.74 Å². The number of aryl methyl sites for hydroxylation is 3. The van der Waals surface area contributed by atoms with Gasteiger partial charge >= 0.3 is 5.97 Å². The second-order valence-electron chi connectivity index (χ2n) is 6.60. The van der Waals surface area contributed by atoms with E-state index in [-0.39, 0.29) is 12.5 Å². The van der Waals surface area contributed by atoms with Crippen LogP contribution >= 0.6 is 0 Å². The summed E-state index contributed by atoms with van der Waals surface area (Å²) in [6, 6.07) is 15.3. The van der Waals surface area contributed by atoms with Gasteiger partial charge in [-0.3, -0.25) is 9.78 Å². The third-order valence-electron chi connectivity index (χ3n) is 4.75. The average molecular weight is 376 g/mol. The minimum absolute atomic E-state index is 0.343. The molecular formula is C23H24N2O3. The van der Waals surface area contributed by atoms with Crippen molar-refractivity contribution < 1.29 is 14.3 Å². The predicted octanol–water partition coefficient (Wildman–Crippen LogP) is 4.46. The van der Waals surface area contributed by atoms with Crippen LogP contribution in [0.4, 0.5) is 5.69 Å². The molecule has 0 fully saturated rings. The summed E-state index contributed by atoms with van der Waals surface area (Å²) >= 11 is 0. The Morgan fingerprint density at radius 1 is 1.00 bits per heavy atom. The molecule has 0 bridgehead atoms. The molecule has 3 rings (SSSR count). The number of pyridine rings is 1. The first kappa shape index (κ1) is 19.5. The standard InChI is InChI=1S/C23H24N2O3/c1-4-16-10-12-17(13-11-16)24-21(26)14-28-23(27)22-15(3)18-8-6-7-9-20(18)25-19(22)5-2/h6-13H,4-5,14H2,1-3H3,(H,24,26). The lowest BCUT2D eigenvalue weighted by molar-refractivity contribution is -0.119. The number of ether oxygens (including phenoxy) is 1. The van der Waals surface area contributed by atoms with Gasteiger partial charge in [0.15, 0.2) is 6.61 Å². The number of benzene rings is 2. The number of amides is 1. The number of esters is 1. The monoisotopic (exact) mass is 376 g/mol. The van der Waals surface area contributed by atoms with Gasteiger partial charge in [-0.15, -0.1) is 0 Å². The lowest BCUT2D eigenvalue weighted by Gasteiger charge is -2.13. The van der Waals surface area contributed by atoms with Gasteiger partial charge in [-0.2, -0.15) is 0 Å². The number of rotatable bonds is 6. The van der Waals surface area contributed by atoms with Crippen LogP contribution in [0.2, 0.25) is 0 Å². The molecule has 1 amide bonds. The van der Waals surface area contributed by atoms with Gasteiger partial charge in [0.2, 0.25) is 0 Å². The highest BCUT2D eigenvalue weighted by molar-refractivity contribution is 6.00. The predicted molar refractivity (Wildman–Crippen MR) is 111 cm³/mol. The fourth-order valence-corrected chi connectivity index (χ4v) is 3.19. The molecule has 28 heavy (non-hydrogen) atoms. The summed E-state index contributed by atoms with van der Waals surface area (Å²) in [5, 5.41) is 3.65. The topological polar surface area (TPSA) is 68.3 Å². The molecule has 0 radical (unpaired) electrons. The van der Waals surface area contributed by atoms with Crippen molar-refractivity contribution in [1.29, 1.82) is 0 Å². The van der Waals surface area contributed by atoms with Gasteiger partial charge in [0, 0.05) is 11.1 Å². The van der Waals surface area contributed by atoms with E-state index in [0.717, 1.165) is 22.9 Å². The van der Waals surface area contributed by atoms with Gasteiger partial charge in [-0.25, -0.2) is 4.79 Å². The van der Waals surface area contributed by atoms with Gasteiger partial charge in [0.1, 0.15) is 0 Å². The van der Waals surface area contributed by atoms with Crippen LogP contribution in [-0.2, 0) is 22.4 Å². The number of hydrogen-bond acceptors (Lipinski definition) is 4. The van der Waals surface area contributed by atoms with Crippen molar-refractivity contribution in [2.24, 2.45) is 0 Å². The maximum Gasteiger partial charge on any atom is 0.340 e. The molecule has 0 saturated heterocycles. The van der Waals surface area contributed by atoms with E-state index in [1.54, 1.807) is 0 Å². The number of nitrogens with zero attached hydrogens (tertiary/aromatic N) is 1. The van der Waals surface area contributed by atoms with Crippen molar-refractivity contribution in [3.63, 3.8) is 0 Å². The molecular weight excluding hydrogens is 352 g/mol. The van der Waals surface area contributed by atoms with E-state index in [1.807, 2.05) is 62.4 Å². The Hall–Kier alpha value is -3.21. The number of anilines is 1. The summed E-state index contributed by atoms with van der Waals surface area (Å²) < 4.78 is 5.29. The van der Waals surface area contributed by atoms with E-state index in [1.165, 1.54) is 5.56 Å². The van der Waals surface area contributed by atoms with Crippen LogP contribution in [0, 0.1) is 6.92 Å². The summed E-state index contributed by atoms with van der Waals surface area (Å²) in [5.41, 5.74) is 4.66. The average Bonchev–Trinajstić information content (AvgIpc) is 2.72. The van der Waals surface area contributed by atoms with Crippen molar-refractivity contribution in [2.75, 3.05) is 11.9 Å². The number of aromatic nitrogens is 1. The molecule has 2 aromatic carbocycles. The zero-order valence-corrected chi connectivity index (χ0v) is 16.4. The van der Waals surface area contributed by atoms with Gasteiger partial charge in [-0.1, -0.05) is 44.2 Å². The number of carbonyl (C=O) groups is 2. The minimum atomic E-state index is -0.524. The highest BCUT2D eigenvalue weighted by Gasteiger charge is 2.20. The second kappa shape index (κ2) is 8.65. The SMILES string of the molecule is CCc1ccc(NC(=O)COC(=O)c2c(CC)nc3ccccc3c2C)cc1. The Morgan fingerprint density at radius 2 is 1.71 bits per heavy atom. The van der Waals surface area contributed by atoms with Crippen LogP contribution < -0.4 is 5.32 Å². The van der Waals surface area contributed by atoms with Crippen LogP contribution in [0.3, 0.4) is 0 Å². The van der Waals surface area contributed by atoms with Gasteiger partial charge in [0.25, 0.3) is 5.91 Å². The van der Waals surface area contributed by atoms with Gasteiger partial charge in [-0.05, 0) is 49.1 Å². The molecule has 0 unspecified atom stereocenters. The first-order chi connectivity index (χ1) is 13.5. The smallest absolute Gasteiger partial charge is 0.340 e. The van der Waals surface area contributed by atoms with Crippen molar-refractivity contribution in [3.05, 3.63) is 70.9 Å². The van der Waals surface area contributed by atoms with Crippen LogP contribution in [0.25, 0.3) is 10.9 Å². The van der Waals surface area contributed by atoms with E-state index >= 15 is 0 Å². The molecule has 144 valence electrons. The Labute approximate surface area is 164 Å². The van der Waals surface area contributed by atoms with E-state index in [0.29, 0.717) is 23.4 Å². The molecule has 3 aromatic rings. The Bertz CT molecular complexity index is 1010.